The van der Waals surface area contributed by atoms with Gasteiger partial charge in [0.1, 0.15) is 62.2 Å². The number of nitrogen functional groups attached to an aromatic ring is 1. The van der Waals surface area contributed by atoms with Crippen LogP contribution in [0.2, 0.25) is 0 Å². The number of aryl methyl sites for hydroxylation is 1. The van der Waals surface area contributed by atoms with Crippen molar-refractivity contribution in [2.24, 2.45) is 48.8 Å². The zero-order chi connectivity index (χ0) is 95.8. The summed E-state index contributed by atoms with van der Waals surface area (Å²) in [6, 6.07) is 29.2. The minimum atomic E-state index is -4.82. The topological polar surface area (TPSA) is 572 Å². The van der Waals surface area contributed by atoms with E-state index in [0.717, 1.165) is 32.0 Å². The number of aliphatic hydroxyl groups is 2. The van der Waals surface area contributed by atoms with Crippen LogP contribution in [0.25, 0.3) is 20.9 Å². The number of aliphatic hydroxyl groups excluding tert-OH is 2. The van der Waals surface area contributed by atoms with E-state index in [4.69, 9.17) is 92.1 Å². The highest BCUT2D eigenvalue weighted by molar-refractivity contribution is 7.48. The summed E-state index contributed by atoms with van der Waals surface area (Å²) < 4.78 is 155. The maximum Gasteiger partial charge on any atom is 0.480 e. The highest BCUT2D eigenvalue weighted by Crippen LogP contribution is 2.55. The molecule has 3 aliphatic heterocycles. The zero-order valence-corrected chi connectivity index (χ0v) is 75.2. The van der Waals surface area contributed by atoms with Crippen LogP contribution >= 0.6 is 15.6 Å². The number of halogens is 3. The van der Waals surface area contributed by atoms with Gasteiger partial charge in [0.2, 0.25) is 32.1 Å². The number of carbonyl (C=O) groups is 4. The van der Waals surface area contributed by atoms with Crippen LogP contribution in [0.5, 0.6) is 11.5 Å². The molecule has 3 fully saturated rings. The second-order valence-electron chi connectivity index (χ2n) is 33.1. The summed E-state index contributed by atoms with van der Waals surface area (Å²) in [5, 5.41) is 34.7. The molecule has 9 rings (SSSR count). The molecule has 694 valence electrons. The summed E-state index contributed by atoms with van der Waals surface area (Å²) in [6.45, 7) is 16.1. The Morgan fingerprint density at radius 3 is 1.27 bits per heavy atom. The van der Waals surface area contributed by atoms with Gasteiger partial charge in [0.05, 0.1) is 68.8 Å². The van der Waals surface area contributed by atoms with Gasteiger partial charge >= 0.3 is 56.6 Å². The standard InChI is InChI=1S/C32H33FN6O5.C24H37FN5O10P.C22H34FN6O11P.B2/c1-21-28(33)29(44-31(21,20-40)19-35-38-34)39-18-17-27(36-30(39)41)37-32(22-7-5-4-6-8-22,23-9-13-25(42-2)14-10-23)24-11-15-26(43-3)16-12-24;1-15-9-10-30(21(33)28-15)18-17(25)16(2)24(40-18,11-27-29-26)12-37-41(34,38-13-35-19(31)22(3,4)5)39-14-36-20(32)23(6,7)8;1-20(2,3)17(31)35-11-38-41(34,39-12-36-18(32)21(4,5)6)37-10-22(9-26-28-25)15(30)14(23)16(40-22)29-8-7-13(24)27-19(29)33;1-2/h4-18,21,28-29,34,40H,19-20H2,1-3H3;9-10,16-18H,11-14H2,1-8H3;7-8,14-16,30H,9-12H2,1-6H3,(H2,24,27,33);/p+1/t21-,28+,29+,31+;16-,17+,18+,24+;14-,15+,16-,22-;/m001./s1. The Hall–Kier alpha value is -10.8. The van der Waals surface area contributed by atoms with Gasteiger partial charge in [-0.25, -0.2) is 54.8 Å². The van der Waals surface area contributed by atoms with Gasteiger partial charge in [-0.05, 0) is 160 Å². The van der Waals surface area contributed by atoms with E-state index >= 15 is 13.2 Å². The van der Waals surface area contributed by atoms with Crippen molar-refractivity contribution in [3.63, 3.8) is 0 Å². The number of anilines is 2. The number of aromatic nitrogens is 6. The Kier molecular flexibility index (Phi) is 37.7. The monoisotopic (exact) mass is 1840 g/mol. The molecule has 3 aromatic carbocycles. The van der Waals surface area contributed by atoms with Crippen molar-refractivity contribution >= 4 is 66.6 Å². The van der Waals surface area contributed by atoms with E-state index in [-0.39, 0.29) is 18.2 Å². The third kappa shape index (κ3) is 27.0. The Bertz CT molecular complexity index is 4900. The summed E-state index contributed by atoms with van der Waals surface area (Å²) in [4.78, 5) is 106. The van der Waals surface area contributed by atoms with Gasteiger partial charge < -0.3 is 63.9 Å². The first-order valence-corrected chi connectivity index (χ1v) is 42.0. The SMILES string of the molecule is CC(C)(C)C(=O)OCOP(=O)(OCOC(=O)C(C)(C)C)OC[C@@]1(CN=[N+]=[N-])O[C@@H](n2ccc(N)nc2=O)[C@H](F)[C@@H]1O.COc1ccc(C(Nc2ccn([C@@H]3O[C@@](CO)(CN=[N+]=N)[C@@H](C)[C@H]3F)c(=O)n2)(c2ccccc2)c2ccc(OC)cc2)cc1.Cc1ccn([C@@H]2O[C@](CN=[N+]=[N-])(COP(=O)(OCOC(=O)C(C)(C)C)OCOC(=O)C(C)(C)C)[C@@H](C)[C@H]2F)c(=O)n1.[B][B]. The predicted octanol–water partition coefficient (Wildman–Crippen LogP) is 10.4. The molecule has 0 saturated carbocycles. The van der Waals surface area contributed by atoms with Crippen molar-refractivity contribution in [2.45, 2.75) is 170 Å². The van der Waals surface area contributed by atoms with Crippen LogP contribution in [0.1, 0.15) is 138 Å². The number of hydrogen-bond donors (Lipinski definition) is 5. The first-order chi connectivity index (χ1) is 60.0. The Labute approximate surface area is 736 Å². The maximum absolute atomic E-state index is 15.5. The summed E-state index contributed by atoms with van der Waals surface area (Å²) in [5.74, 6) is -3.29. The van der Waals surface area contributed by atoms with Crippen LogP contribution in [-0.4, -0.2) is 200 Å². The van der Waals surface area contributed by atoms with Gasteiger partial charge in [-0.2, -0.15) is 15.0 Å². The second-order valence-corrected chi connectivity index (χ2v) is 36.4. The van der Waals surface area contributed by atoms with Crippen molar-refractivity contribution in [2.75, 3.05) is 91.9 Å². The molecule has 0 bridgehead atoms. The van der Waals surface area contributed by atoms with Crippen molar-refractivity contribution in [1.82, 2.24) is 33.6 Å². The number of esters is 4. The fraction of sp³-hybridized carbons (Fsp3) is 0.564. The normalized spacial score (nSPS) is 22.2. The number of ether oxygens (including phenoxy) is 9. The molecule has 0 unspecified atom stereocenters. The van der Waals surface area contributed by atoms with Gasteiger partial charge in [-0.15, -0.1) is 0 Å². The lowest BCUT2D eigenvalue weighted by Gasteiger charge is -2.37. The van der Waals surface area contributed by atoms with Crippen molar-refractivity contribution < 1.29 is 121 Å². The summed E-state index contributed by atoms with van der Waals surface area (Å²) in [7, 11) is 1.69. The van der Waals surface area contributed by atoms with E-state index in [0.29, 0.717) is 21.8 Å². The minimum Gasteiger partial charge on any atom is -0.497 e. The van der Waals surface area contributed by atoms with Crippen molar-refractivity contribution in [3.05, 3.63) is 190 Å². The number of alkyl halides is 3. The van der Waals surface area contributed by atoms with Gasteiger partial charge in [0.15, 0.2) is 43.7 Å². The molecule has 3 aromatic heterocycles. The van der Waals surface area contributed by atoms with E-state index in [1.54, 1.807) is 117 Å². The maximum atomic E-state index is 15.5. The Morgan fingerprint density at radius 1 is 0.539 bits per heavy atom. The van der Waals surface area contributed by atoms with Crippen LogP contribution in [0.15, 0.2) is 145 Å². The fourth-order valence-corrected chi connectivity index (χ4v) is 14.1. The molecule has 3 aliphatic rings. The molecule has 43 nitrogen and oxygen atoms in total. The Morgan fingerprint density at radius 2 is 0.891 bits per heavy atom. The van der Waals surface area contributed by atoms with Gasteiger partial charge in [-0.3, -0.25) is 41.9 Å². The van der Waals surface area contributed by atoms with Crippen LogP contribution in [-0.2, 0) is 94.1 Å². The van der Waals surface area contributed by atoms with Crippen LogP contribution < -0.4 is 42.5 Å². The molecule has 3 saturated heterocycles. The molecule has 12 atom stereocenters. The number of nitrogens with two attached hydrogens (primary N) is 1. The number of phosphoric ester groups is 2. The number of benzene rings is 3. The van der Waals surface area contributed by atoms with Gasteiger partial charge in [-0.1, -0.05) is 78.7 Å². The number of methoxy groups -OCH3 is 2. The number of hydrogen-bond acceptors (Lipinski definition) is 35. The Balaban J connectivity index is 0.000000294. The molecule has 6 N–H and O–H groups in total. The van der Waals surface area contributed by atoms with Crippen LogP contribution in [0.4, 0.5) is 24.8 Å². The predicted molar refractivity (Wildman–Crippen MR) is 450 cm³/mol. The van der Waals surface area contributed by atoms with E-state index < -0.39 is 216 Å². The molecule has 128 heavy (non-hydrogen) atoms. The summed E-state index contributed by atoms with van der Waals surface area (Å²) >= 11 is 0. The minimum absolute atomic E-state index is 0.154. The molecule has 0 spiro atoms. The molecule has 4 radical (unpaired) electrons. The van der Waals surface area contributed by atoms with E-state index in [2.05, 4.69) is 65.8 Å². The molecule has 50 heteroatoms. The quantitative estimate of drug-likeness (QED) is 0.00284. The average molecular weight is 1840 g/mol. The molecular formula is C78H105B2F3N17O26P2+. The number of carbonyl (C=O) groups excluding carboxylic acids is 4. The second kappa shape index (κ2) is 45.5. The van der Waals surface area contributed by atoms with Crippen LogP contribution in [0.3, 0.4) is 0 Å². The summed E-state index contributed by atoms with van der Waals surface area (Å²) in [5.41, 5.74) is 20.5. The fourth-order valence-electron chi connectivity index (χ4n) is 12.2. The highest BCUT2D eigenvalue weighted by Gasteiger charge is 2.59. The lowest BCUT2D eigenvalue weighted by atomic mass is 9.77. The molecular weight excluding hydrogens is 1730 g/mol. The number of nitrogens with one attached hydrogen (secondary N) is 2. The van der Waals surface area contributed by atoms with Crippen molar-refractivity contribution in [3.8, 4) is 11.5 Å². The smallest absolute Gasteiger partial charge is 0.480 e. The van der Waals surface area contributed by atoms with Crippen LogP contribution in [0, 0.1) is 46.0 Å². The first kappa shape index (κ1) is 106. The largest absolute Gasteiger partial charge is 0.497 e. The number of phosphoric acid groups is 2. The first-order valence-electron chi connectivity index (χ1n) is 39.0. The highest BCUT2D eigenvalue weighted by atomic mass is 31.2. The van der Waals surface area contributed by atoms with E-state index in [1.165, 1.54) is 31.5 Å². The number of rotatable bonds is 35. The lowest BCUT2D eigenvalue weighted by molar-refractivity contribution is -0.166. The van der Waals surface area contributed by atoms with E-state index in [1.807, 2.05) is 78.9 Å². The van der Waals surface area contributed by atoms with Crippen molar-refractivity contribution in [1.29, 1.82) is 5.53 Å². The third-order valence-corrected chi connectivity index (χ3v) is 22.4. The lowest BCUT2D eigenvalue weighted by Crippen LogP contribution is -2.48. The summed E-state index contributed by atoms with van der Waals surface area (Å²) in [6.07, 6.45) is -8.68. The number of azide groups is 2. The average Bonchev–Trinajstić information content (AvgIpc) is 1.34. The molecule has 6 heterocycles. The van der Waals surface area contributed by atoms with E-state index in [9.17, 15) is 52.9 Å². The molecule has 0 aliphatic carbocycles. The molecule has 0 amide bonds. The van der Waals surface area contributed by atoms with Gasteiger partial charge in [0, 0.05) is 61.4 Å². The zero-order valence-electron chi connectivity index (χ0n) is 73.5. The molecule has 6 aromatic rings. The third-order valence-electron chi connectivity index (χ3n) is 19.8. The van der Waals surface area contributed by atoms with Gasteiger partial charge in [0.25, 0.3) is 0 Å². The number of nitrogens with zero attached hydrogens (tertiary/aromatic N) is 14.